The third-order valence-corrected chi connectivity index (χ3v) is 4.24. The van der Waals surface area contributed by atoms with Gasteiger partial charge in [-0.2, -0.15) is 0 Å². The Bertz CT molecular complexity index is 419. The van der Waals surface area contributed by atoms with Crippen LogP contribution < -0.4 is 4.74 Å². The number of likely N-dealkylation sites (N-methyl/N-ethyl adjacent to an activating group) is 1. The highest BCUT2D eigenvalue weighted by Crippen LogP contribution is 2.24. The van der Waals surface area contributed by atoms with E-state index in [0.29, 0.717) is 18.5 Å². The van der Waals surface area contributed by atoms with Crippen LogP contribution >= 0.6 is 0 Å². The van der Waals surface area contributed by atoms with E-state index in [2.05, 4.69) is 30.8 Å². The van der Waals surface area contributed by atoms with Gasteiger partial charge in [0.1, 0.15) is 5.75 Å². The van der Waals surface area contributed by atoms with Gasteiger partial charge >= 0.3 is 0 Å². The quantitative estimate of drug-likeness (QED) is 0.888. The number of methoxy groups -OCH3 is 1. The first-order valence-electron chi connectivity index (χ1n) is 7.22. The predicted octanol–water partition coefficient (Wildman–Crippen LogP) is 1.61. The fourth-order valence-corrected chi connectivity index (χ4v) is 3.05. The van der Waals surface area contributed by atoms with Crippen LogP contribution in [0, 0.1) is 5.92 Å². The number of aliphatic hydroxyl groups is 1. The van der Waals surface area contributed by atoms with E-state index in [9.17, 15) is 5.11 Å². The summed E-state index contributed by atoms with van der Waals surface area (Å²) in [5.41, 5.74) is 0.951. The fourth-order valence-electron chi connectivity index (χ4n) is 3.05. The van der Waals surface area contributed by atoms with Gasteiger partial charge < -0.3 is 14.7 Å². The first kappa shape index (κ1) is 15.3. The lowest BCUT2D eigenvalue weighted by atomic mass is 10.1. The van der Waals surface area contributed by atoms with Crippen LogP contribution in [0.15, 0.2) is 24.3 Å². The van der Waals surface area contributed by atoms with E-state index >= 15 is 0 Å². The molecule has 1 fully saturated rings. The smallest absolute Gasteiger partial charge is 0.118 e. The third kappa shape index (κ3) is 3.51. The van der Waals surface area contributed by atoms with E-state index in [1.54, 1.807) is 7.11 Å². The minimum absolute atomic E-state index is 0.436. The normalized spacial score (nSPS) is 25.1. The number of aliphatic hydroxyl groups excluding tert-OH is 1. The number of hydrogen-bond donors (Lipinski definition) is 1. The molecule has 0 aromatic heterocycles. The molecule has 1 heterocycles. The second-order valence-electron chi connectivity index (χ2n) is 6.02. The number of rotatable bonds is 5. The van der Waals surface area contributed by atoms with Crippen LogP contribution in [-0.4, -0.2) is 61.8 Å². The summed E-state index contributed by atoms with van der Waals surface area (Å²) in [7, 11) is 5.91. The zero-order chi connectivity index (χ0) is 14.7. The van der Waals surface area contributed by atoms with E-state index in [1.807, 2.05) is 24.3 Å². The zero-order valence-corrected chi connectivity index (χ0v) is 12.9. The molecule has 1 aromatic carbocycles. The highest BCUT2D eigenvalue weighted by molar-refractivity contribution is 5.28. The summed E-state index contributed by atoms with van der Waals surface area (Å²) in [4.78, 5) is 4.63. The van der Waals surface area contributed by atoms with Gasteiger partial charge in [-0.25, -0.2) is 0 Å². The topological polar surface area (TPSA) is 35.9 Å². The molecule has 112 valence electrons. The molecule has 0 saturated carbocycles. The standard InChI is InChI=1S/C16H26N2O2/c1-12-9-18(10-15(12)17(2)3)11-16(19)13-5-7-14(20-4)8-6-13/h5-8,12,15-16,19H,9-11H2,1-4H3. The number of nitrogens with zero attached hydrogens (tertiary/aromatic N) is 2. The largest absolute Gasteiger partial charge is 0.497 e. The summed E-state index contributed by atoms with van der Waals surface area (Å²) in [5, 5.41) is 10.4. The molecule has 1 N–H and O–H groups in total. The monoisotopic (exact) mass is 278 g/mol. The van der Waals surface area contributed by atoms with E-state index in [4.69, 9.17) is 4.74 Å². The highest BCUT2D eigenvalue weighted by atomic mass is 16.5. The molecule has 3 atom stereocenters. The van der Waals surface area contributed by atoms with E-state index in [1.165, 1.54) is 0 Å². The predicted molar refractivity (Wildman–Crippen MR) is 81.0 cm³/mol. The van der Waals surface area contributed by atoms with Crippen LogP contribution in [-0.2, 0) is 0 Å². The van der Waals surface area contributed by atoms with Crippen molar-refractivity contribution in [3.8, 4) is 5.75 Å². The molecular weight excluding hydrogens is 252 g/mol. The molecule has 0 spiro atoms. The molecule has 1 aromatic rings. The van der Waals surface area contributed by atoms with Gasteiger partial charge in [0, 0.05) is 25.7 Å². The molecule has 1 aliphatic rings. The van der Waals surface area contributed by atoms with Crippen LogP contribution in [0.4, 0.5) is 0 Å². The average Bonchev–Trinajstić information content (AvgIpc) is 2.79. The van der Waals surface area contributed by atoms with Gasteiger partial charge in [0.25, 0.3) is 0 Å². The average molecular weight is 278 g/mol. The minimum atomic E-state index is -0.436. The van der Waals surface area contributed by atoms with Gasteiger partial charge in [0.15, 0.2) is 0 Å². The number of hydrogen-bond acceptors (Lipinski definition) is 4. The maximum Gasteiger partial charge on any atom is 0.118 e. The summed E-state index contributed by atoms with van der Waals surface area (Å²) in [6.07, 6.45) is -0.436. The van der Waals surface area contributed by atoms with Crippen LogP contribution in [0.3, 0.4) is 0 Å². The fraction of sp³-hybridized carbons (Fsp3) is 0.625. The summed E-state index contributed by atoms with van der Waals surface area (Å²) in [5.74, 6) is 1.47. The van der Waals surface area contributed by atoms with Crippen LogP contribution in [0.25, 0.3) is 0 Å². The van der Waals surface area contributed by atoms with Gasteiger partial charge in [-0.05, 0) is 37.7 Å². The Kier molecular flexibility index (Phi) is 5.02. The third-order valence-electron chi connectivity index (χ3n) is 4.24. The first-order valence-corrected chi connectivity index (χ1v) is 7.22. The minimum Gasteiger partial charge on any atom is -0.497 e. The van der Waals surface area contributed by atoms with Crippen molar-refractivity contribution < 1.29 is 9.84 Å². The van der Waals surface area contributed by atoms with Gasteiger partial charge in [-0.1, -0.05) is 19.1 Å². The Morgan fingerprint density at radius 2 is 1.95 bits per heavy atom. The number of benzene rings is 1. The second-order valence-corrected chi connectivity index (χ2v) is 6.02. The Balaban J connectivity index is 1.93. The number of β-amino-alcohol motifs (C(OH)–C–C–N with tert-alkyl or cyclic N) is 1. The SMILES string of the molecule is COc1ccc(C(O)CN2CC(C)C(N(C)C)C2)cc1. The van der Waals surface area contributed by atoms with Crippen LogP contribution in [0.2, 0.25) is 0 Å². The van der Waals surface area contributed by atoms with Gasteiger partial charge in [0.05, 0.1) is 13.2 Å². The summed E-state index contributed by atoms with van der Waals surface area (Å²) in [6.45, 7) is 5.06. The number of ether oxygens (including phenoxy) is 1. The van der Waals surface area contributed by atoms with Gasteiger partial charge in [-0.3, -0.25) is 4.90 Å². The molecule has 2 rings (SSSR count). The maximum atomic E-state index is 10.4. The van der Waals surface area contributed by atoms with Crippen molar-refractivity contribution in [2.45, 2.75) is 19.1 Å². The molecule has 4 nitrogen and oxygen atoms in total. The van der Waals surface area contributed by atoms with Gasteiger partial charge in [-0.15, -0.1) is 0 Å². The van der Waals surface area contributed by atoms with Crippen LogP contribution in [0.5, 0.6) is 5.75 Å². The lowest BCUT2D eigenvalue weighted by Crippen LogP contribution is -2.35. The van der Waals surface area contributed by atoms with Gasteiger partial charge in [0.2, 0.25) is 0 Å². The Labute approximate surface area is 122 Å². The second kappa shape index (κ2) is 6.57. The molecule has 0 radical (unpaired) electrons. The summed E-state index contributed by atoms with van der Waals surface area (Å²) < 4.78 is 5.14. The highest BCUT2D eigenvalue weighted by Gasteiger charge is 2.31. The summed E-state index contributed by atoms with van der Waals surface area (Å²) >= 11 is 0. The first-order chi connectivity index (χ1) is 9.51. The molecule has 4 heteroatoms. The summed E-state index contributed by atoms with van der Waals surface area (Å²) in [6, 6.07) is 8.25. The molecule has 1 saturated heterocycles. The van der Waals surface area contributed by atoms with Crippen molar-refractivity contribution in [2.24, 2.45) is 5.92 Å². The molecule has 0 bridgehead atoms. The molecule has 20 heavy (non-hydrogen) atoms. The Morgan fingerprint density at radius 1 is 1.30 bits per heavy atom. The van der Waals surface area contributed by atoms with Crippen molar-refractivity contribution in [3.05, 3.63) is 29.8 Å². The van der Waals surface area contributed by atoms with E-state index in [-0.39, 0.29) is 0 Å². The lowest BCUT2D eigenvalue weighted by molar-refractivity contribution is 0.121. The lowest BCUT2D eigenvalue weighted by Gasteiger charge is -2.23. The van der Waals surface area contributed by atoms with Crippen molar-refractivity contribution in [1.29, 1.82) is 0 Å². The van der Waals surface area contributed by atoms with Crippen molar-refractivity contribution >= 4 is 0 Å². The van der Waals surface area contributed by atoms with Crippen molar-refractivity contribution in [2.75, 3.05) is 40.8 Å². The number of likely N-dealkylation sites (tertiary alicyclic amines) is 1. The Hall–Kier alpha value is -1.10. The molecule has 1 aliphatic heterocycles. The molecule has 0 amide bonds. The van der Waals surface area contributed by atoms with Crippen LogP contribution in [0.1, 0.15) is 18.6 Å². The van der Waals surface area contributed by atoms with Crippen molar-refractivity contribution in [3.63, 3.8) is 0 Å². The molecular formula is C16H26N2O2. The molecule has 0 aliphatic carbocycles. The zero-order valence-electron chi connectivity index (χ0n) is 12.9. The van der Waals surface area contributed by atoms with Crippen molar-refractivity contribution in [1.82, 2.24) is 9.80 Å². The molecule has 3 unspecified atom stereocenters. The Morgan fingerprint density at radius 3 is 2.45 bits per heavy atom. The van der Waals surface area contributed by atoms with E-state index < -0.39 is 6.10 Å². The maximum absolute atomic E-state index is 10.4. The van der Waals surface area contributed by atoms with E-state index in [0.717, 1.165) is 24.4 Å².